The summed E-state index contributed by atoms with van der Waals surface area (Å²) in [6, 6.07) is 0.0267. The molecule has 0 aliphatic carbocycles. The molecule has 0 aliphatic rings. The molecule has 0 saturated heterocycles. The molecule has 0 fully saturated rings. The molecule has 1 N–H and O–H groups in total. The lowest BCUT2D eigenvalue weighted by molar-refractivity contribution is 0.407. The van der Waals surface area contributed by atoms with Crippen LogP contribution in [-0.4, -0.2) is 26.2 Å². The largest absolute Gasteiger partial charge is 0.493 e. The molecular weight excluding hydrogens is 250 g/mol. The van der Waals surface area contributed by atoms with E-state index in [2.05, 4.69) is 19.8 Å². The number of hydrogen-bond acceptors (Lipinski definition) is 6. The standard InChI is InChI=1S/C11H17N5OS/c1-5-9-13-11(18-15-9)12-7(2)10-8(17-4)6-16(3)14-10/h6-7H,5H2,1-4H3,(H,12,13,15). The van der Waals surface area contributed by atoms with Gasteiger partial charge in [0.15, 0.2) is 5.75 Å². The van der Waals surface area contributed by atoms with Crippen molar-refractivity contribution in [2.45, 2.75) is 26.3 Å². The Hall–Kier alpha value is -1.63. The van der Waals surface area contributed by atoms with Crippen molar-refractivity contribution in [2.75, 3.05) is 12.4 Å². The number of rotatable bonds is 5. The van der Waals surface area contributed by atoms with Gasteiger partial charge in [0.2, 0.25) is 5.13 Å². The van der Waals surface area contributed by atoms with Crippen LogP contribution in [0.15, 0.2) is 6.20 Å². The first kappa shape index (κ1) is 12.8. The second-order valence-electron chi connectivity index (χ2n) is 3.99. The molecule has 0 spiro atoms. The van der Waals surface area contributed by atoms with Gasteiger partial charge in [-0.25, -0.2) is 4.98 Å². The number of nitrogens with zero attached hydrogens (tertiary/aromatic N) is 4. The molecule has 2 aromatic rings. The Morgan fingerprint density at radius 2 is 2.33 bits per heavy atom. The van der Waals surface area contributed by atoms with Gasteiger partial charge in [0, 0.05) is 25.0 Å². The molecule has 0 aliphatic heterocycles. The van der Waals surface area contributed by atoms with E-state index in [1.54, 1.807) is 11.8 Å². The maximum Gasteiger partial charge on any atom is 0.203 e. The van der Waals surface area contributed by atoms with Gasteiger partial charge in [0.25, 0.3) is 0 Å². The highest BCUT2D eigenvalue weighted by Gasteiger charge is 2.17. The van der Waals surface area contributed by atoms with Crippen LogP contribution in [0.3, 0.4) is 0 Å². The Morgan fingerprint density at radius 3 is 2.94 bits per heavy atom. The lowest BCUT2D eigenvalue weighted by Gasteiger charge is -2.11. The number of aromatic nitrogens is 4. The van der Waals surface area contributed by atoms with Crippen LogP contribution >= 0.6 is 11.5 Å². The predicted octanol–water partition coefficient (Wildman–Crippen LogP) is 2.02. The number of methoxy groups -OCH3 is 1. The van der Waals surface area contributed by atoms with Crippen molar-refractivity contribution in [1.29, 1.82) is 0 Å². The van der Waals surface area contributed by atoms with E-state index < -0.39 is 0 Å². The number of hydrogen-bond donors (Lipinski definition) is 1. The second kappa shape index (κ2) is 5.34. The molecule has 0 saturated carbocycles. The third kappa shape index (κ3) is 2.61. The topological polar surface area (TPSA) is 64.9 Å². The van der Waals surface area contributed by atoms with Crippen LogP contribution in [0.1, 0.15) is 31.4 Å². The summed E-state index contributed by atoms with van der Waals surface area (Å²) in [6.45, 7) is 4.06. The van der Waals surface area contributed by atoms with Crippen molar-refractivity contribution in [3.05, 3.63) is 17.7 Å². The van der Waals surface area contributed by atoms with Crippen molar-refractivity contribution >= 4 is 16.7 Å². The molecule has 1 unspecified atom stereocenters. The third-order valence-corrected chi connectivity index (χ3v) is 3.26. The van der Waals surface area contributed by atoms with Crippen LogP contribution in [0.5, 0.6) is 5.75 Å². The van der Waals surface area contributed by atoms with E-state index in [9.17, 15) is 0 Å². The summed E-state index contributed by atoms with van der Waals surface area (Å²) in [4.78, 5) is 4.38. The molecule has 0 bridgehead atoms. The first-order valence-electron chi connectivity index (χ1n) is 5.80. The van der Waals surface area contributed by atoms with E-state index in [1.165, 1.54) is 11.5 Å². The van der Waals surface area contributed by atoms with E-state index >= 15 is 0 Å². The predicted molar refractivity (Wildman–Crippen MR) is 71.1 cm³/mol. The number of ether oxygens (including phenoxy) is 1. The van der Waals surface area contributed by atoms with Gasteiger partial charge in [0.1, 0.15) is 11.5 Å². The molecule has 18 heavy (non-hydrogen) atoms. The zero-order valence-corrected chi connectivity index (χ0v) is 11.8. The molecule has 2 heterocycles. The summed E-state index contributed by atoms with van der Waals surface area (Å²) in [5.74, 6) is 1.64. The summed E-state index contributed by atoms with van der Waals surface area (Å²) in [6.07, 6.45) is 2.70. The van der Waals surface area contributed by atoms with Crippen LogP contribution < -0.4 is 10.1 Å². The smallest absolute Gasteiger partial charge is 0.203 e. The Morgan fingerprint density at radius 1 is 1.56 bits per heavy atom. The zero-order chi connectivity index (χ0) is 13.1. The van der Waals surface area contributed by atoms with E-state index in [0.29, 0.717) is 0 Å². The Balaban J connectivity index is 2.13. The average molecular weight is 267 g/mol. The van der Waals surface area contributed by atoms with Crippen LogP contribution in [0, 0.1) is 0 Å². The van der Waals surface area contributed by atoms with Gasteiger partial charge < -0.3 is 10.1 Å². The van der Waals surface area contributed by atoms with Gasteiger partial charge in [0.05, 0.1) is 19.3 Å². The van der Waals surface area contributed by atoms with Crippen molar-refractivity contribution in [2.24, 2.45) is 7.05 Å². The minimum atomic E-state index is 0.0267. The van der Waals surface area contributed by atoms with Crippen molar-refractivity contribution in [1.82, 2.24) is 19.1 Å². The molecule has 0 amide bonds. The quantitative estimate of drug-likeness (QED) is 0.897. The van der Waals surface area contributed by atoms with Gasteiger partial charge in [-0.1, -0.05) is 6.92 Å². The van der Waals surface area contributed by atoms with Gasteiger partial charge in [-0.3, -0.25) is 4.68 Å². The van der Waals surface area contributed by atoms with Gasteiger partial charge >= 0.3 is 0 Å². The highest BCUT2D eigenvalue weighted by atomic mass is 32.1. The van der Waals surface area contributed by atoms with Crippen molar-refractivity contribution in [3.8, 4) is 5.75 Å². The fourth-order valence-electron chi connectivity index (χ4n) is 1.65. The van der Waals surface area contributed by atoms with Gasteiger partial charge in [-0.2, -0.15) is 9.47 Å². The average Bonchev–Trinajstić information content (AvgIpc) is 2.95. The number of anilines is 1. The molecule has 2 aromatic heterocycles. The number of nitrogens with one attached hydrogen (secondary N) is 1. The molecule has 98 valence electrons. The van der Waals surface area contributed by atoms with Crippen molar-refractivity contribution < 1.29 is 4.74 Å². The monoisotopic (exact) mass is 267 g/mol. The maximum absolute atomic E-state index is 5.30. The highest BCUT2D eigenvalue weighted by molar-refractivity contribution is 7.09. The van der Waals surface area contributed by atoms with Crippen LogP contribution in [0.2, 0.25) is 0 Å². The SMILES string of the molecule is CCc1nsc(NC(C)c2nn(C)cc2OC)n1. The van der Waals surface area contributed by atoms with Gasteiger partial charge in [-0.05, 0) is 6.92 Å². The first-order valence-corrected chi connectivity index (χ1v) is 6.58. The Labute approximate surface area is 110 Å². The number of aryl methyl sites for hydroxylation is 2. The fraction of sp³-hybridized carbons (Fsp3) is 0.545. The van der Waals surface area contributed by atoms with E-state index in [4.69, 9.17) is 4.74 Å². The molecular formula is C11H17N5OS. The molecule has 6 nitrogen and oxygen atoms in total. The summed E-state index contributed by atoms with van der Waals surface area (Å²) in [5.41, 5.74) is 0.869. The van der Waals surface area contributed by atoms with E-state index in [-0.39, 0.29) is 6.04 Å². The normalized spacial score (nSPS) is 12.4. The minimum Gasteiger partial charge on any atom is -0.493 e. The highest BCUT2D eigenvalue weighted by Crippen LogP contribution is 2.26. The lowest BCUT2D eigenvalue weighted by atomic mass is 10.2. The summed E-state index contributed by atoms with van der Waals surface area (Å²) >= 11 is 1.37. The minimum absolute atomic E-state index is 0.0267. The Kier molecular flexibility index (Phi) is 3.81. The third-order valence-electron chi connectivity index (χ3n) is 2.58. The molecule has 2 rings (SSSR count). The maximum atomic E-state index is 5.30. The van der Waals surface area contributed by atoms with E-state index in [0.717, 1.165) is 28.8 Å². The van der Waals surface area contributed by atoms with Gasteiger partial charge in [-0.15, -0.1) is 0 Å². The first-order chi connectivity index (χ1) is 8.63. The fourth-order valence-corrected chi connectivity index (χ4v) is 2.39. The molecule has 0 radical (unpaired) electrons. The summed E-state index contributed by atoms with van der Waals surface area (Å²) in [7, 11) is 3.52. The van der Waals surface area contributed by atoms with Crippen LogP contribution in [0.4, 0.5) is 5.13 Å². The van der Waals surface area contributed by atoms with Crippen molar-refractivity contribution in [3.63, 3.8) is 0 Å². The molecule has 7 heteroatoms. The molecule has 0 aromatic carbocycles. The lowest BCUT2D eigenvalue weighted by Crippen LogP contribution is -2.09. The van der Waals surface area contributed by atoms with Crippen LogP contribution in [0.25, 0.3) is 0 Å². The second-order valence-corrected chi connectivity index (χ2v) is 4.74. The summed E-state index contributed by atoms with van der Waals surface area (Å²) in [5, 5.41) is 8.49. The van der Waals surface area contributed by atoms with E-state index in [1.807, 2.05) is 27.1 Å². The molecule has 1 atom stereocenters. The zero-order valence-electron chi connectivity index (χ0n) is 11.0. The van der Waals surface area contributed by atoms with Crippen LogP contribution in [-0.2, 0) is 13.5 Å². The summed E-state index contributed by atoms with van der Waals surface area (Å²) < 4.78 is 11.3. The Bertz CT molecular complexity index is 521.